The van der Waals surface area contributed by atoms with Crippen LogP contribution in [0, 0.1) is 41.4 Å². The number of aliphatic hydroxyl groups excluding tert-OH is 2. The Morgan fingerprint density at radius 3 is 1.31 bits per heavy atom. The molecule has 4 aromatic rings. The molecule has 0 saturated carbocycles. The minimum absolute atomic E-state index is 0.00166. The summed E-state index contributed by atoms with van der Waals surface area (Å²) in [6, 6.07) is 5.27. The maximum Gasteiger partial charge on any atom is 0.410 e. The number of aromatic nitrogens is 6. The SMILES string of the molecule is CC[C@H]1OC(=O)[C@@](C)(F)C(=O)[C@H](C)[C@@H](OC2O[C@H](C)C[C@H](N(C)C)[C@H]2O)[C@@](C)(OC)C[C@@H](C)C(=O)[C@H](C)[C@H]2N(CCCCn3cnc(-c4cccnc4)c3)C(=O)O[C@]12CC.CC[C@H]1OC(=O)[C@H](C)C(=O)[C@H](C)[C@@H](OC2O[C@H](C)C[C@H](N(C)C)[C@H]2O)[C@@](C)(OC)C[C@@H](C)C(=O)[C@H](C)[C@H]2N(CCCCn3cnc(-c4cccnc4)c3)C(=O)O[C@]12CC. The van der Waals surface area contributed by atoms with Gasteiger partial charge in [-0.25, -0.2) is 28.7 Å². The Hall–Kier alpha value is -7.59. The molecule has 10 rings (SSSR count). The van der Waals surface area contributed by atoms with Crippen LogP contribution in [0.5, 0.6) is 0 Å². The molecule has 0 radical (unpaired) electrons. The van der Waals surface area contributed by atoms with Crippen LogP contribution in [0.4, 0.5) is 14.0 Å². The normalized spacial score (nSPS) is 36.7. The monoisotopic (exact) mass is 1670 g/mol. The van der Waals surface area contributed by atoms with Crippen molar-refractivity contribution < 1.29 is 100 Å². The molecule has 662 valence electrons. The Bertz CT molecular complexity index is 4080. The summed E-state index contributed by atoms with van der Waals surface area (Å²) in [7, 11) is 10.3. The number of methoxy groups -OCH3 is 2. The Morgan fingerprint density at radius 2 is 0.941 bits per heavy atom. The zero-order chi connectivity index (χ0) is 87.7. The lowest BCUT2D eigenvalue weighted by atomic mass is 9.72. The third kappa shape index (κ3) is 20.4. The van der Waals surface area contributed by atoms with Crippen molar-refractivity contribution in [1.29, 1.82) is 0 Å². The van der Waals surface area contributed by atoms with Gasteiger partial charge in [-0.2, -0.15) is 0 Å². The minimum Gasteiger partial charge on any atom is -0.457 e. The smallest absolute Gasteiger partial charge is 0.410 e. The van der Waals surface area contributed by atoms with E-state index in [4.69, 9.17) is 47.4 Å². The quantitative estimate of drug-likeness (QED) is 0.0285. The van der Waals surface area contributed by atoms with Crippen LogP contribution in [0.25, 0.3) is 22.5 Å². The van der Waals surface area contributed by atoms with Crippen LogP contribution < -0.4 is 0 Å². The molecule has 10 heterocycles. The molecule has 6 aliphatic rings. The second-order valence-electron chi connectivity index (χ2n) is 35.1. The van der Waals surface area contributed by atoms with Crippen molar-refractivity contribution >= 4 is 47.3 Å². The average molecular weight is 1670 g/mol. The zero-order valence-corrected chi connectivity index (χ0v) is 74.0. The summed E-state index contributed by atoms with van der Waals surface area (Å²) in [6.45, 7) is 28.8. The molecular weight excluding hydrogens is 1540 g/mol. The number of aryl methyl sites for hydroxylation is 2. The van der Waals surface area contributed by atoms with Crippen molar-refractivity contribution in [2.75, 3.05) is 55.5 Å². The maximum absolute atomic E-state index is 17.0. The average Bonchev–Trinajstić information content (AvgIpc) is 1.60. The Balaban J connectivity index is 0.000000271. The number of hydrogen-bond acceptors (Lipinski definition) is 26. The number of alkyl halides is 1. The van der Waals surface area contributed by atoms with Gasteiger partial charge < -0.3 is 86.3 Å². The number of esters is 2. The van der Waals surface area contributed by atoms with Crippen molar-refractivity contribution in [3.63, 3.8) is 0 Å². The van der Waals surface area contributed by atoms with Gasteiger partial charge in [0.25, 0.3) is 5.67 Å². The minimum atomic E-state index is -3.18. The first-order valence-electron chi connectivity index (χ1n) is 42.7. The zero-order valence-electron chi connectivity index (χ0n) is 74.0. The van der Waals surface area contributed by atoms with E-state index in [0.29, 0.717) is 58.2 Å². The Labute approximate surface area is 701 Å². The number of ketones is 4. The highest BCUT2D eigenvalue weighted by Crippen LogP contribution is 2.48. The van der Waals surface area contributed by atoms with Gasteiger partial charge in [0, 0.05) is 136 Å². The van der Waals surface area contributed by atoms with Crippen molar-refractivity contribution in [2.45, 2.75) is 315 Å². The molecule has 2 amide bonds. The van der Waals surface area contributed by atoms with Crippen LogP contribution in [0.15, 0.2) is 74.1 Å². The molecule has 31 heteroatoms. The molecule has 119 heavy (non-hydrogen) atoms. The fraction of sp³-hybridized carbons (Fsp3) is 0.727. The summed E-state index contributed by atoms with van der Waals surface area (Å²) in [5.41, 5.74) is -5.39. The van der Waals surface area contributed by atoms with E-state index in [0.717, 1.165) is 29.4 Å². The van der Waals surface area contributed by atoms with Gasteiger partial charge in [0.05, 0.1) is 71.7 Å². The number of nitrogens with zero attached hydrogens (tertiary/aromatic N) is 10. The highest BCUT2D eigenvalue weighted by Gasteiger charge is 2.65. The summed E-state index contributed by atoms with van der Waals surface area (Å²) in [6.07, 6.45) is 7.92. The largest absolute Gasteiger partial charge is 0.457 e. The number of fused-ring (bicyclic) bond motifs is 2. The van der Waals surface area contributed by atoms with Crippen LogP contribution in [-0.2, 0) is 89.2 Å². The number of imidazole rings is 2. The number of aliphatic hydroxyl groups is 2. The van der Waals surface area contributed by atoms with E-state index < -0.39 is 166 Å². The van der Waals surface area contributed by atoms with Crippen LogP contribution in [-0.4, -0.2) is 275 Å². The highest BCUT2D eigenvalue weighted by molar-refractivity contribution is 6.08. The number of hydrogen-bond donors (Lipinski definition) is 2. The molecular formula is C88H133FN10O20. The van der Waals surface area contributed by atoms with Crippen LogP contribution in [0.3, 0.4) is 0 Å². The molecule has 2 unspecified atom stereocenters. The molecule has 26 atom stereocenters. The first kappa shape index (κ1) is 95.2. The van der Waals surface area contributed by atoms with Gasteiger partial charge in [-0.05, 0) is 171 Å². The van der Waals surface area contributed by atoms with E-state index in [9.17, 15) is 48.6 Å². The van der Waals surface area contributed by atoms with E-state index in [1.165, 1.54) is 28.1 Å². The number of rotatable bonds is 24. The van der Waals surface area contributed by atoms with Crippen LogP contribution >= 0.6 is 0 Å². The Morgan fingerprint density at radius 1 is 0.546 bits per heavy atom. The molecule has 0 aromatic carbocycles. The third-order valence-electron chi connectivity index (χ3n) is 26.3. The van der Waals surface area contributed by atoms with E-state index in [1.54, 1.807) is 95.7 Å². The fourth-order valence-corrected chi connectivity index (χ4v) is 19.4. The molecule has 30 nitrogen and oxygen atoms in total. The first-order chi connectivity index (χ1) is 56.2. The second kappa shape index (κ2) is 40.2. The number of ether oxygens (including phenoxy) is 10. The Kier molecular flexibility index (Phi) is 32.1. The standard InChI is InChI=1S/C44H66FN5O10.C44H67N5O10/c1-12-33-44(13-2)36(50(41(55)60-44)20-15-14-19-49-24-31(47-25-49)30-17-16-18-46-23-30)28(5)34(51)26(3)22-42(7,56-11)38(29(6)37(53)43(8,45)40(54)58-33)59-39-35(52)32(48(9)10)21-27(4)57-39;1-12-34-44(13-2)38(49(42(54)59-44)20-15-14-19-48-24-32(46-25-48)31-17-16-18-45-23-31)28(5)35(50)26(3)22-43(8,55-11)39(29(6)36(51)30(7)40(53)57-34)58-41-37(52)33(47(9)10)21-27(4)56-41/h16-18,23-29,32-33,35-36,38-39,52H,12-15,19-22H2,1-11H3;16-18,23-30,33-34,37-39,41,52H,12-15,19-22H2,1-11H3/t26-,27-,28+,29+,32+,33-,35-,36-,38-,39?,42+,43+,44-;26-,27-,28+,29+,30-,33+,34-,37-,38-,39-,41?,43+,44-/m11/s1. The van der Waals surface area contributed by atoms with Gasteiger partial charge in [-0.15, -0.1) is 0 Å². The van der Waals surface area contributed by atoms with Gasteiger partial charge >= 0.3 is 24.1 Å². The fourth-order valence-electron chi connectivity index (χ4n) is 19.4. The maximum atomic E-state index is 17.0. The number of Topliss-reactive ketones (excluding diaryl/α,β-unsaturated/α-hetero) is 4. The van der Waals surface area contributed by atoms with Gasteiger partial charge in [0.2, 0.25) is 0 Å². The van der Waals surface area contributed by atoms with Crippen molar-refractivity contribution in [3.05, 3.63) is 74.1 Å². The summed E-state index contributed by atoms with van der Waals surface area (Å²) in [4.78, 5) is 139. The molecule has 2 N–H and O–H groups in total. The topological polar surface area (TPSA) is 344 Å². The number of amides is 2. The number of carbonyl (C=O) groups excluding carboxylic acids is 8. The lowest BCUT2D eigenvalue weighted by molar-refractivity contribution is -0.295. The van der Waals surface area contributed by atoms with Crippen molar-refractivity contribution in [3.8, 4) is 22.5 Å². The highest BCUT2D eigenvalue weighted by atomic mass is 19.1. The first-order valence-corrected chi connectivity index (χ1v) is 42.7. The number of cyclic esters (lactones) is 2. The number of pyridine rings is 2. The number of unbranched alkanes of at least 4 members (excludes halogenated alkanes) is 2. The summed E-state index contributed by atoms with van der Waals surface area (Å²) >= 11 is 0. The lowest BCUT2D eigenvalue weighted by Crippen LogP contribution is -2.62. The molecule has 4 aromatic heterocycles. The lowest BCUT2D eigenvalue weighted by Gasteiger charge is -2.47. The van der Waals surface area contributed by atoms with E-state index in [-0.39, 0.29) is 80.9 Å². The predicted molar refractivity (Wildman–Crippen MR) is 438 cm³/mol. The third-order valence-corrected chi connectivity index (χ3v) is 26.3. The number of halogens is 1. The molecule has 6 saturated heterocycles. The van der Waals surface area contributed by atoms with Crippen molar-refractivity contribution in [2.24, 2.45) is 41.4 Å². The van der Waals surface area contributed by atoms with Gasteiger partial charge in [0.1, 0.15) is 41.9 Å². The number of carbonyl (C=O) groups is 8. The molecule has 0 bridgehead atoms. The van der Waals surface area contributed by atoms with Crippen LogP contribution in [0.2, 0.25) is 0 Å². The van der Waals surface area contributed by atoms with Gasteiger partial charge in [-0.3, -0.25) is 33.9 Å². The van der Waals surface area contributed by atoms with Crippen molar-refractivity contribution in [1.82, 2.24) is 48.7 Å². The van der Waals surface area contributed by atoms with Gasteiger partial charge in [-0.1, -0.05) is 69.2 Å². The summed E-state index contributed by atoms with van der Waals surface area (Å²) in [5.74, 6) is -10.7. The van der Waals surface area contributed by atoms with E-state index >= 15 is 4.39 Å². The predicted octanol–water partition coefficient (Wildman–Crippen LogP) is 10.7. The summed E-state index contributed by atoms with van der Waals surface area (Å²) in [5, 5.41) is 22.9. The van der Waals surface area contributed by atoms with E-state index in [1.807, 2.05) is 125 Å². The van der Waals surface area contributed by atoms with E-state index in [2.05, 4.69) is 19.9 Å². The second-order valence-corrected chi connectivity index (χ2v) is 35.1. The molecule has 6 fully saturated rings. The molecule has 6 aliphatic heterocycles. The molecule has 0 spiro atoms. The van der Waals surface area contributed by atoms with Gasteiger partial charge in [0.15, 0.2) is 35.3 Å². The number of likely N-dealkylation sites (N-methyl/N-ethyl adjacent to an activating group) is 2. The molecule has 0 aliphatic carbocycles. The van der Waals surface area contributed by atoms with Crippen LogP contribution in [0.1, 0.15) is 188 Å². The summed E-state index contributed by atoms with van der Waals surface area (Å²) < 4.78 is 83.3.